The summed E-state index contributed by atoms with van der Waals surface area (Å²) >= 11 is 0. The fourth-order valence-corrected chi connectivity index (χ4v) is 5.79. The first-order valence-corrected chi connectivity index (χ1v) is 14.1. The molecule has 0 aliphatic heterocycles. The van der Waals surface area contributed by atoms with E-state index in [1.165, 1.54) is 6.07 Å². The second kappa shape index (κ2) is 15.0. The van der Waals surface area contributed by atoms with Crippen LogP contribution in [0.2, 0.25) is 0 Å². The number of nitro groups is 1. The summed E-state index contributed by atoms with van der Waals surface area (Å²) in [5.41, 5.74) is 2.15. The van der Waals surface area contributed by atoms with Crippen molar-refractivity contribution in [3.05, 3.63) is 70.8 Å². The predicted octanol–water partition coefficient (Wildman–Crippen LogP) is 7.36. The van der Waals surface area contributed by atoms with Crippen molar-refractivity contribution in [3.8, 4) is 0 Å². The van der Waals surface area contributed by atoms with Crippen LogP contribution in [0.4, 0.5) is 22.7 Å². The molecular weight excluding hydrogens is 517 g/mol. The Hall–Kier alpha value is -3.01. The molecule has 3 aromatic rings. The summed E-state index contributed by atoms with van der Waals surface area (Å²) in [6.07, 6.45) is 0. The van der Waals surface area contributed by atoms with Gasteiger partial charge >= 0.3 is 0 Å². The lowest BCUT2D eigenvalue weighted by atomic mass is 10.1. The van der Waals surface area contributed by atoms with Crippen LogP contribution in [0.1, 0.15) is 36.0 Å². The topological polar surface area (TPSA) is 113 Å². The average molecular weight is 557 g/mol. The van der Waals surface area contributed by atoms with E-state index in [9.17, 15) is 15.2 Å². The minimum absolute atomic E-state index is 0.0333. The van der Waals surface area contributed by atoms with Crippen LogP contribution < -0.4 is 4.90 Å². The molecule has 11 heteroatoms. The monoisotopic (exact) mass is 556 g/mol. The Morgan fingerprint density at radius 1 is 0.974 bits per heavy atom. The number of benzene rings is 3. The van der Waals surface area contributed by atoms with Crippen molar-refractivity contribution < 1.29 is 20.4 Å². The summed E-state index contributed by atoms with van der Waals surface area (Å²) in [5.74, 6) is 0. The Morgan fingerprint density at radius 2 is 1.64 bits per heavy atom. The van der Waals surface area contributed by atoms with Gasteiger partial charge in [0.1, 0.15) is 0 Å². The quantitative estimate of drug-likeness (QED) is 0.0900. The second-order valence-corrected chi connectivity index (χ2v) is 10.8. The van der Waals surface area contributed by atoms with Crippen LogP contribution in [0.3, 0.4) is 0 Å². The van der Waals surface area contributed by atoms with E-state index < -0.39 is 13.4 Å². The van der Waals surface area contributed by atoms with Crippen LogP contribution >= 0.6 is 8.53 Å². The van der Waals surface area contributed by atoms with Gasteiger partial charge in [0.15, 0.2) is 0 Å². The molecule has 0 saturated heterocycles. The Morgan fingerprint density at radius 3 is 2.26 bits per heavy atom. The number of hydrogen-bond acceptors (Lipinski definition) is 9. The number of fused-ring (bicyclic) bond motifs is 1. The number of nitro benzene ring substituents is 1. The van der Waals surface area contributed by atoms with Crippen LogP contribution in [0.5, 0.6) is 0 Å². The normalized spacial score (nSPS) is 13.1. The molecule has 39 heavy (non-hydrogen) atoms. The molecule has 3 rings (SSSR count). The number of nitrogens with zero attached hydrogens (tertiary/aromatic N) is 5. The van der Waals surface area contributed by atoms with Crippen LogP contribution in [0.25, 0.3) is 10.8 Å². The van der Waals surface area contributed by atoms with Gasteiger partial charge in [-0.1, -0.05) is 18.2 Å². The highest BCUT2D eigenvalue weighted by molar-refractivity contribution is 7.44. The molecule has 0 aliphatic rings. The summed E-state index contributed by atoms with van der Waals surface area (Å²) in [4.78, 5) is 13.1. The molecule has 3 aromatic carbocycles. The van der Waals surface area contributed by atoms with Gasteiger partial charge in [0, 0.05) is 43.7 Å². The maximum atomic E-state index is 11.4. The molecule has 10 nitrogen and oxygen atoms in total. The SMILES string of the molecule is [2H]CCN(CCOP(OCCO)N(C(C)C)C(C)C)c1ccc(N=Nc2ccc([N+](=O)[O-])c3ccccc23)cc1. The molecular formula is C28H38N5O5P. The van der Waals surface area contributed by atoms with Crippen LogP contribution in [0.15, 0.2) is 70.9 Å². The van der Waals surface area contributed by atoms with Gasteiger partial charge in [-0.25, -0.2) is 4.67 Å². The molecule has 0 spiro atoms. The molecule has 0 heterocycles. The largest absolute Gasteiger partial charge is 0.394 e. The van der Waals surface area contributed by atoms with Crippen LogP contribution in [-0.4, -0.2) is 59.7 Å². The Labute approximate surface area is 232 Å². The zero-order chi connectivity index (χ0) is 29.1. The zero-order valence-corrected chi connectivity index (χ0v) is 23.8. The second-order valence-electron chi connectivity index (χ2n) is 9.31. The van der Waals surface area contributed by atoms with Gasteiger partial charge in [-0.05, 0) is 71.0 Å². The van der Waals surface area contributed by atoms with Crippen LogP contribution in [-0.2, 0) is 9.05 Å². The van der Waals surface area contributed by atoms with Crippen molar-refractivity contribution >= 4 is 42.0 Å². The van der Waals surface area contributed by atoms with E-state index in [1.807, 2.05) is 30.3 Å². The summed E-state index contributed by atoms with van der Waals surface area (Å²) in [7, 11) is -1.33. The highest BCUT2D eigenvalue weighted by Gasteiger charge is 2.27. The average Bonchev–Trinajstić information content (AvgIpc) is 2.93. The van der Waals surface area contributed by atoms with Gasteiger partial charge in [-0.3, -0.25) is 10.1 Å². The Balaban J connectivity index is 1.70. The first-order valence-electron chi connectivity index (χ1n) is 13.6. The molecule has 0 bridgehead atoms. The molecule has 0 amide bonds. The Kier molecular flexibility index (Phi) is 11.1. The molecule has 210 valence electrons. The lowest BCUT2D eigenvalue weighted by molar-refractivity contribution is -0.383. The highest BCUT2D eigenvalue weighted by atomic mass is 31.2. The molecule has 0 fully saturated rings. The van der Waals surface area contributed by atoms with Gasteiger partial charge in [-0.2, -0.15) is 5.11 Å². The molecule has 1 unspecified atom stereocenters. The zero-order valence-electron chi connectivity index (χ0n) is 23.9. The first kappa shape index (κ1) is 29.0. The number of rotatable bonds is 15. The maximum absolute atomic E-state index is 11.4. The van der Waals surface area contributed by atoms with E-state index in [-0.39, 0.29) is 37.9 Å². The third kappa shape index (κ3) is 8.24. The summed E-state index contributed by atoms with van der Waals surface area (Å²) in [6.45, 7) is 10.3. The maximum Gasteiger partial charge on any atom is 0.277 e. The van der Waals surface area contributed by atoms with Crippen LogP contribution in [0, 0.1) is 10.1 Å². The molecule has 1 atom stereocenters. The number of likely N-dealkylation sites (N-methyl/N-ethyl adjacent to an activating group) is 1. The van der Waals surface area contributed by atoms with Gasteiger partial charge in [0.05, 0.1) is 41.5 Å². The van der Waals surface area contributed by atoms with E-state index in [0.717, 1.165) is 5.69 Å². The van der Waals surface area contributed by atoms with Crippen molar-refractivity contribution in [1.29, 1.82) is 0 Å². The summed E-state index contributed by atoms with van der Waals surface area (Å²) in [5, 5.41) is 30.5. The molecule has 0 aliphatic carbocycles. The fraction of sp³-hybridized carbons (Fsp3) is 0.429. The van der Waals surface area contributed by atoms with Gasteiger partial charge in [-0.15, -0.1) is 5.11 Å². The van der Waals surface area contributed by atoms with Crippen molar-refractivity contribution in [1.82, 2.24) is 4.67 Å². The first-order chi connectivity index (χ1) is 19.3. The van der Waals surface area contributed by atoms with Crippen molar-refractivity contribution in [2.45, 2.75) is 46.7 Å². The standard InChI is InChI=1S/C28H38N5O5P/c1-6-31(17-19-37-39(38-20-18-34)32(21(2)3)22(4)5)24-13-11-23(12-14-24)29-30-27-15-16-28(33(35)36)26-10-8-7-9-25(26)27/h7-16,21-22,34H,6,17-20H2,1-5H3/i1D. The molecule has 0 saturated carbocycles. The number of aliphatic hydroxyl groups excluding tert-OH is 1. The van der Waals surface area contributed by atoms with Gasteiger partial charge in [0.2, 0.25) is 0 Å². The molecule has 0 aromatic heterocycles. The number of anilines is 1. The lowest BCUT2D eigenvalue weighted by Gasteiger charge is -2.36. The molecule has 1 N–H and O–H groups in total. The van der Waals surface area contributed by atoms with Crippen molar-refractivity contribution in [3.63, 3.8) is 0 Å². The van der Waals surface area contributed by atoms with E-state index in [2.05, 4.69) is 47.5 Å². The minimum Gasteiger partial charge on any atom is -0.394 e. The van der Waals surface area contributed by atoms with E-state index >= 15 is 0 Å². The number of aliphatic hydroxyl groups is 1. The van der Waals surface area contributed by atoms with E-state index in [0.29, 0.717) is 41.8 Å². The third-order valence-corrected chi connectivity index (χ3v) is 8.04. The predicted molar refractivity (Wildman–Crippen MR) is 157 cm³/mol. The van der Waals surface area contributed by atoms with Gasteiger partial charge < -0.3 is 19.1 Å². The number of hydrogen-bond donors (Lipinski definition) is 1. The summed E-state index contributed by atoms with van der Waals surface area (Å²) < 4.78 is 22.0. The smallest absolute Gasteiger partial charge is 0.277 e. The Bertz CT molecular complexity index is 1250. The van der Waals surface area contributed by atoms with Crippen molar-refractivity contribution in [2.75, 3.05) is 37.8 Å². The number of azo groups is 1. The minimum atomic E-state index is -1.33. The lowest BCUT2D eigenvalue weighted by Crippen LogP contribution is -2.34. The number of non-ortho nitro benzene ring substituents is 1. The van der Waals surface area contributed by atoms with Crippen molar-refractivity contribution in [2.24, 2.45) is 10.2 Å². The molecule has 0 radical (unpaired) electrons. The van der Waals surface area contributed by atoms with Gasteiger partial charge in [0.25, 0.3) is 14.2 Å². The van der Waals surface area contributed by atoms with E-state index in [4.69, 9.17) is 10.4 Å². The van der Waals surface area contributed by atoms with E-state index in [1.54, 1.807) is 24.3 Å². The third-order valence-electron chi connectivity index (χ3n) is 5.94. The fourth-order valence-electron chi connectivity index (χ4n) is 4.22. The summed E-state index contributed by atoms with van der Waals surface area (Å²) in [6, 6.07) is 18.1. The highest BCUT2D eigenvalue weighted by Crippen LogP contribution is 2.45.